The molecule has 1 rings (SSSR count). The van der Waals surface area contributed by atoms with Crippen LogP contribution in [-0.2, 0) is 6.61 Å². The largest absolute Gasteiger partial charge is 0.478 e. The highest BCUT2D eigenvalue weighted by atomic mass is 19.1. The lowest BCUT2D eigenvalue weighted by Crippen LogP contribution is -2.04. The van der Waals surface area contributed by atoms with Crippen molar-refractivity contribution in [3.05, 3.63) is 35.1 Å². The van der Waals surface area contributed by atoms with Crippen LogP contribution < -0.4 is 0 Å². The van der Waals surface area contributed by atoms with E-state index in [4.69, 9.17) is 10.2 Å². The van der Waals surface area contributed by atoms with Crippen molar-refractivity contribution < 1.29 is 19.4 Å². The molecule has 0 bridgehead atoms. The zero-order valence-electron chi connectivity index (χ0n) is 6.12. The highest BCUT2D eigenvalue weighted by Crippen LogP contribution is 2.13. The molecular formula is C8H7FO3. The first-order valence-corrected chi connectivity index (χ1v) is 3.28. The maximum absolute atomic E-state index is 12.8. The van der Waals surface area contributed by atoms with Gasteiger partial charge in [-0.2, -0.15) is 0 Å². The van der Waals surface area contributed by atoms with E-state index >= 15 is 0 Å². The average Bonchev–Trinajstić information content (AvgIpc) is 2.03. The smallest absolute Gasteiger partial charge is 0.336 e. The van der Waals surface area contributed by atoms with Crippen molar-refractivity contribution in [1.29, 1.82) is 0 Å². The lowest BCUT2D eigenvalue weighted by atomic mass is 10.1. The van der Waals surface area contributed by atoms with E-state index in [1.165, 1.54) is 12.1 Å². The van der Waals surface area contributed by atoms with Crippen LogP contribution in [0.15, 0.2) is 18.2 Å². The van der Waals surface area contributed by atoms with Gasteiger partial charge in [0.15, 0.2) is 0 Å². The molecule has 0 unspecified atom stereocenters. The first kappa shape index (κ1) is 8.67. The van der Waals surface area contributed by atoms with Gasteiger partial charge >= 0.3 is 5.97 Å². The highest BCUT2D eigenvalue weighted by Gasteiger charge is 2.12. The second kappa shape index (κ2) is 3.32. The quantitative estimate of drug-likeness (QED) is 0.696. The number of carboxylic acids is 1. The van der Waals surface area contributed by atoms with Crippen molar-refractivity contribution in [1.82, 2.24) is 0 Å². The molecule has 0 spiro atoms. The van der Waals surface area contributed by atoms with E-state index in [9.17, 15) is 9.18 Å². The number of rotatable bonds is 2. The van der Waals surface area contributed by atoms with Crippen molar-refractivity contribution in [2.45, 2.75) is 6.61 Å². The number of aliphatic hydroxyl groups excluding tert-OH is 1. The molecule has 0 radical (unpaired) electrons. The van der Waals surface area contributed by atoms with Crippen LogP contribution in [0.2, 0.25) is 0 Å². The molecule has 0 amide bonds. The molecule has 0 saturated carbocycles. The van der Waals surface area contributed by atoms with Gasteiger partial charge in [-0.05, 0) is 12.1 Å². The molecular weight excluding hydrogens is 163 g/mol. The molecule has 0 aliphatic heterocycles. The molecule has 64 valence electrons. The zero-order chi connectivity index (χ0) is 9.14. The molecule has 0 heterocycles. The zero-order valence-corrected chi connectivity index (χ0v) is 6.12. The van der Waals surface area contributed by atoms with Gasteiger partial charge in [-0.1, -0.05) is 6.07 Å². The Hall–Kier alpha value is -1.42. The lowest BCUT2D eigenvalue weighted by Gasteiger charge is -2.02. The summed E-state index contributed by atoms with van der Waals surface area (Å²) in [5.41, 5.74) is -0.373. The Morgan fingerprint density at radius 3 is 2.58 bits per heavy atom. The molecule has 3 nitrogen and oxygen atoms in total. The van der Waals surface area contributed by atoms with Gasteiger partial charge < -0.3 is 10.2 Å². The predicted octanol–water partition coefficient (Wildman–Crippen LogP) is 1.02. The lowest BCUT2D eigenvalue weighted by molar-refractivity contribution is 0.0692. The van der Waals surface area contributed by atoms with Crippen LogP contribution in [-0.4, -0.2) is 16.2 Å². The van der Waals surface area contributed by atoms with E-state index in [0.717, 1.165) is 6.07 Å². The van der Waals surface area contributed by atoms with Gasteiger partial charge in [0, 0.05) is 5.56 Å². The minimum atomic E-state index is -1.24. The van der Waals surface area contributed by atoms with Gasteiger partial charge in [0.2, 0.25) is 0 Å². The molecule has 0 aliphatic rings. The summed E-state index contributed by atoms with van der Waals surface area (Å²) >= 11 is 0. The van der Waals surface area contributed by atoms with E-state index in [1.807, 2.05) is 0 Å². The Morgan fingerprint density at radius 2 is 2.17 bits per heavy atom. The number of halogens is 1. The van der Waals surface area contributed by atoms with Crippen molar-refractivity contribution >= 4 is 5.97 Å². The van der Waals surface area contributed by atoms with Crippen molar-refractivity contribution in [3.63, 3.8) is 0 Å². The van der Waals surface area contributed by atoms with Crippen LogP contribution in [0.25, 0.3) is 0 Å². The fraction of sp³-hybridized carbons (Fsp3) is 0.125. The normalized spacial score (nSPS) is 9.83. The Bertz CT molecular complexity index is 309. The third kappa shape index (κ3) is 1.43. The summed E-state index contributed by atoms with van der Waals surface area (Å²) in [5, 5.41) is 17.2. The number of aromatic carboxylic acids is 1. The van der Waals surface area contributed by atoms with Gasteiger partial charge in [-0.3, -0.25) is 0 Å². The maximum Gasteiger partial charge on any atom is 0.336 e. The van der Waals surface area contributed by atoms with Crippen LogP contribution in [0.5, 0.6) is 0 Å². The molecule has 0 atom stereocenters. The molecule has 12 heavy (non-hydrogen) atoms. The van der Waals surface area contributed by atoms with Crippen molar-refractivity contribution in [3.8, 4) is 0 Å². The van der Waals surface area contributed by atoms with Gasteiger partial charge in [0.1, 0.15) is 5.82 Å². The van der Waals surface area contributed by atoms with Crippen molar-refractivity contribution in [2.75, 3.05) is 0 Å². The number of aliphatic hydroxyl groups is 1. The summed E-state index contributed by atoms with van der Waals surface area (Å²) in [7, 11) is 0. The SMILES string of the molecule is O=C(O)c1cccc(F)c1CO. The van der Waals surface area contributed by atoms with E-state index in [-0.39, 0.29) is 11.1 Å². The minimum absolute atomic E-state index is 0.176. The molecule has 0 aliphatic carbocycles. The fourth-order valence-electron chi connectivity index (χ4n) is 0.920. The predicted molar refractivity (Wildman–Crippen MR) is 39.3 cm³/mol. The van der Waals surface area contributed by atoms with E-state index in [2.05, 4.69) is 0 Å². The summed E-state index contributed by atoms with van der Waals surface area (Å²) in [6.45, 7) is -0.603. The van der Waals surface area contributed by atoms with Crippen LogP contribution in [0.3, 0.4) is 0 Å². The second-order valence-corrected chi connectivity index (χ2v) is 2.23. The topological polar surface area (TPSA) is 57.5 Å². The molecule has 4 heteroatoms. The molecule has 1 aromatic carbocycles. The Labute approximate surface area is 68.1 Å². The summed E-state index contributed by atoms with van der Waals surface area (Å²) < 4.78 is 12.8. The van der Waals surface area contributed by atoms with Crippen LogP contribution in [0.4, 0.5) is 4.39 Å². The van der Waals surface area contributed by atoms with Gasteiger partial charge in [0.05, 0.1) is 12.2 Å². The van der Waals surface area contributed by atoms with E-state index < -0.39 is 18.4 Å². The monoisotopic (exact) mass is 170 g/mol. The number of carbonyl (C=O) groups is 1. The summed E-state index contributed by atoms with van der Waals surface area (Å²) in [6, 6.07) is 3.65. The molecule has 0 aromatic heterocycles. The standard InChI is InChI=1S/C8H7FO3/c9-7-3-1-2-5(8(11)12)6(7)4-10/h1-3,10H,4H2,(H,11,12). The second-order valence-electron chi connectivity index (χ2n) is 2.23. The number of carboxylic acid groups (broad SMARTS) is 1. The molecule has 0 saturated heterocycles. The summed E-state index contributed by atoms with van der Waals surface area (Å²) in [5.74, 6) is -1.93. The Balaban J connectivity index is 3.27. The summed E-state index contributed by atoms with van der Waals surface area (Å²) in [6.07, 6.45) is 0. The maximum atomic E-state index is 12.8. The third-order valence-electron chi connectivity index (χ3n) is 1.51. The average molecular weight is 170 g/mol. The summed E-state index contributed by atoms with van der Waals surface area (Å²) in [4.78, 5) is 10.5. The third-order valence-corrected chi connectivity index (χ3v) is 1.51. The molecule has 2 N–H and O–H groups in total. The van der Waals surface area contributed by atoms with Gasteiger partial charge in [-0.25, -0.2) is 9.18 Å². The first-order chi connectivity index (χ1) is 5.66. The van der Waals surface area contributed by atoms with E-state index in [1.54, 1.807) is 0 Å². The van der Waals surface area contributed by atoms with Crippen LogP contribution >= 0.6 is 0 Å². The van der Waals surface area contributed by atoms with Gasteiger partial charge in [0.25, 0.3) is 0 Å². The Morgan fingerprint density at radius 1 is 1.50 bits per heavy atom. The first-order valence-electron chi connectivity index (χ1n) is 3.28. The number of hydrogen-bond acceptors (Lipinski definition) is 2. The van der Waals surface area contributed by atoms with Gasteiger partial charge in [-0.15, -0.1) is 0 Å². The number of benzene rings is 1. The Kier molecular flexibility index (Phi) is 2.40. The minimum Gasteiger partial charge on any atom is -0.478 e. The van der Waals surface area contributed by atoms with Crippen molar-refractivity contribution in [2.24, 2.45) is 0 Å². The van der Waals surface area contributed by atoms with E-state index in [0.29, 0.717) is 0 Å². The van der Waals surface area contributed by atoms with Crippen LogP contribution in [0, 0.1) is 5.82 Å². The molecule has 0 fully saturated rings. The fourth-order valence-corrected chi connectivity index (χ4v) is 0.920. The highest BCUT2D eigenvalue weighted by molar-refractivity contribution is 5.89. The number of hydrogen-bond donors (Lipinski definition) is 2. The molecule has 1 aromatic rings. The van der Waals surface area contributed by atoms with Crippen LogP contribution in [0.1, 0.15) is 15.9 Å².